The summed E-state index contributed by atoms with van der Waals surface area (Å²) in [6.07, 6.45) is 1.06. The second kappa shape index (κ2) is 5.95. The second-order valence-corrected chi connectivity index (χ2v) is 3.62. The first-order valence-electron chi connectivity index (χ1n) is 5.01. The van der Waals surface area contributed by atoms with E-state index in [2.05, 4.69) is 10.6 Å². The molecule has 1 saturated heterocycles. The molecule has 0 bridgehead atoms. The third-order valence-corrected chi connectivity index (χ3v) is 2.39. The molecular weight excluding hydrogens is 184 g/mol. The van der Waals surface area contributed by atoms with Gasteiger partial charge in [0.25, 0.3) is 0 Å². The van der Waals surface area contributed by atoms with Crippen molar-refractivity contribution in [3.05, 3.63) is 0 Å². The van der Waals surface area contributed by atoms with Gasteiger partial charge in [0.1, 0.15) is 0 Å². The smallest absolute Gasteiger partial charge is 0.224 e. The van der Waals surface area contributed by atoms with Crippen LogP contribution in [0.4, 0.5) is 0 Å². The molecule has 0 aromatic carbocycles. The zero-order valence-corrected chi connectivity index (χ0v) is 8.20. The minimum atomic E-state index is -0.851. The lowest BCUT2D eigenvalue weighted by Gasteiger charge is -2.22. The minimum Gasteiger partial charge on any atom is -0.394 e. The van der Waals surface area contributed by atoms with Gasteiger partial charge < -0.3 is 20.8 Å². The summed E-state index contributed by atoms with van der Waals surface area (Å²) in [5, 5.41) is 23.3. The zero-order chi connectivity index (χ0) is 10.4. The Morgan fingerprint density at radius 1 is 1.64 bits per heavy atom. The number of hydrogen-bond acceptors (Lipinski definition) is 4. The molecule has 1 rings (SSSR count). The van der Waals surface area contributed by atoms with E-state index in [1.165, 1.54) is 0 Å². The largest absolute Gasteiger partial charge is 0.394 e. The zero-order valence-electron chi connectivity index (χ0n) is 8.20. The number of hydrogen-bond donors (Lipinski definition) is 4. The van der Waals surface area contributed by atoms with Crippen molar-refractivity contribution in [2.45, 2.75) is 18.9 Å². The fourth-order valence-electron chi connectivity index (χ4n) is 1.50. The molecule has 5 heteroatoms. The third kappa shape index (κ3) is 3.61. The van der Waals surface area contributed by atoms with Gasteiger partial charge in [0, 0.05) is 13.1 Å². The van der Waals surface area contributed by atoms with E-state index in [9.17, 15) is 4.79 Å². The molecule has 0 aromatic rings. The van der Waals surface area contributed by atoms with Crippen LogP contribution in [0.1, 0.15) is 12.8 Å². The number of aliphatic hydroxyl groups excluding tert-OH is 2. The Labute approximate surface area is 83.5 Å². The van der Waals surface area contributed by atoms with Gasteiger partial charge in [-0.25, -0.2) is 0 Å². The Bertz CT molecular complexity index is 181. The molecule has 0 spiro atoms. The van der Waals surface area contributed by atoms with E-state index in [0.29, 0.717) is 6.54 Å². The fraction of sp³-hybridized carbons (Fsp3) is 0.889. The van der Waals surface area contributed by atoms with Gasteiger partial charge in [-0.3, -0.25) is 4.79 Å². The number of carbonyl (C=O) groups is 1. The average molecular weight is 202 g/mol. The summed E-state index contributed by atoms with van der Waals surface area (Å²) < 4.78 is 0. The van der Waals surface area contributed by atoms with Crippen LogP contribution in [-0.2, 0) is 4.79 Å². The van der Waals surface area contributed by atoms with Crippen LogP contribution in [0.25, 0.3) is 0 Å². The molecule has 2 atom stereocenters. The van der Waals surface area contributed by atoms with E-state index in [0.717, 1.165) is 19.4 Å². The maximum Gasteiger partial charge on any atom is 0.224 e. The van der Waals surface area contributed by atoms with E-state index in [1.54, 1.807) is 0 Å². The molecule has 5 nitrogen and oxygen atoms in total. The molecule has 1 amide bonds. The summed E-state index contributed by atoms with van der Waals surface area (Å²) in [4.78, 5) is 11.5. The van der Waals surface area contributed by atoms with Gasteiger partial charge in [0.15, 0.2) is 0 Å². The number of aliphatic hydroxyl groups is 2. The predicted molar refractivity (Wildman–Crippen MR) is 51.7 cm³/mol. The van der Waals surface area contributed by atoms with Crippen LogP contribution < -0.4 is 10.6 Å². The molecule has 0 saturated carbocycles. The average Bonchev–Trinajstić information content (AvgIpc) is 2.26. The minimum absolute atomic E-state index is 0.00893. The van der Waals surface area contributed by atoms with Crippen molar-refractivity contribution in [2.24, 2.45) is 5.92 Å². The van der Waals surface area contributed by atoms with E-state index >= 15 is 0 Å². The summed E-state index contributed by atoms with van der Waals surface area (Å²) in [5.41, 5.74) is 0. The predicted octanol–water partition coefficient (Wildman–Crippen LogP) is -1.54. The summed E-state index contributed by atoms with van der Waals surface area (Å²) in [5.74, 6) is -0.0284. The normalized spacial score (nSPS) is 24.3. The maximum absolute atomic E-state index is 11.5. The number of rotatable bonds is 4. The van der Waals surface area contributed by atoms with Gasteiger partial charge in [-0.2, -0.15) is 0 Å². The van der Waals surface area contributed by atoms with Crippen LogP contribution in [-0.4, -0.2) is 48.5 Å². The summed E-state index contributed by atoms with van der Waals surface area (Å²) >= 11 is 0. The molecule has 1 aliphatic rings. The van der Waals surface area contributed by atoms with E-state index in [4.69, 9.17) is 10.2 Å². The van der Waals surface area contributed by atoms with Crippen molar-refractivity contribution in [1.29, 1.82) is 0 Å². The second-order valence-electron chi connectivity index (χ2n) is 3.62. The Morgan fingerprint density at radius 2 is 2.43 bits per heavy atom. The molecule has 1 fully saturated rings. The molecule has 82 valence electrons. The van der Waals surface area contributed by atoms with Crippen molar-refractivity contribution in [1.82, 2.24) is 10.6 Å². The lowest BCUT2D eigenvalue weighted by molar-refractivity contribution is -0.126. The Hall–Kier alpha value is -0.650. The molecule has 0 aromatic heterocycles. The summed E-state index contributed by atoms with van der Waals surface area (Å²) in [6.45, 7) is 1.50. The molecule has 0 radical (unpaired) electrons. The Morgan fingerprint density at radius 3 is 3.00 bits per heavy atom. The van der Waals surface area contributed by atoms with Crippen molar-refractivity contribution in [3.8, 4) is 0 Å². The molecular formula is C9H18N2O3. The highest BCUT2D eigenvalue weighted by molar-refractivity contribution is 5.78. The first-order chi connectivity index (χ1) is 6.74. The Balaban J connectivity index is 2.19. The van der Waals surface area contributed by atoms with E-state index in [-0.39, 0.29) is 25.0 Å². The topological polar surface area (TPSA) is 81.6 Å². The maximum atomic E-state index is 11.5. The van der Waals surface area contributed by atoms with Gasteiger partial charge in [-0.1, -0.05) is 0 Å². The highest BCUT2D eigenvalue weighted by Gasteiger charge is 2.20. The fourth-order valence-corrected chi connectivity index (χ4v) is 1.50. The van der Waals surface area contributed by atoms with Gasteiger partial charge >= 0.3 is 0 Å². The molecule has 1 unspecified atom stereocenters. The van der Waals surface area contributed by atoms with Crippen molar-refractivity contribution >= 4 is 5.91 Å². The number of carbonyl (C=O) groups excluding carboxylic acids is 1. The first kappa shape index (κ1) is 11.4. The molecule has 4 N–H and O–H groups in total. The van der Waals surface area contributed by atoms with Gasteiger partial charge in [0.05, 0.1) is 18.6 Å². The van der Waals surface area contributed by atoms with Gasteiger partial charge in [0.2, 0.25) is 5.91 Å². The molecule has 1 heterocycles. The van der Waals surface area contributed by atoms with Gasteiger partial charge in [-0.05, 0) is 19.4 Å². The van der Waals surface area contributed by atoms with Crippen LogP contribution in [0.5, 0.6) is 0 Å². The molecule has 14 heavy (non-hydrogen) atoms. The Kier molecular flexibility index (Phi) is 4.86. The highest BCUT2D eigenvalue weighted by atomic mass is 16.3. The quantitative estimate of drug-likeness (QED) is 0.445. The van der Waals surface area contributed by atoms with Crippen LogP contribution >= 0.6 is 0 Å². The van der Waals surface area contributed by atoms with Crippen LogP contribution in [0.2, 0.25) is 0 Å². The number of piperidine rings is 1. The number of nitrogens with one attached hydrogen (secondary N) is 2. The van der Waals surface area contributed by atoms with E-state index < -0.39 is 6.10 Å². The molecule has 1 aliphatic heterocycles. The standard InChI is InChI=1S/C9H18N2O3/c12-6-8(13)5-11-9(14)7-2-1-3-10-4-7/h7-8,10,12-13H,1-6H2,(H,11,14)/t7-,8?/m1/s1. The number of amides is 1. The van der Waals surface area contributed by atoms with Crippen molar-refractivity contribution < 1.29 is 15.0 Å². The van der Waals surface area contributed by atoms with Crippen LogP contribution in [0, 0.1) is 5.92 Å². The highest BCUT2D eigenvalue weighted by Crippen LogP contribution is 2.09. The lowest BCUT2D eigenvalue weighted by atomic mass is 9.99. The third-order valence-electron chi connectivity index (χ3n) is 2.39. The summed E-state index contributed by atoms with van der Waals surface area (Å²) in [6, 6.07) is 0. The van der Waals surface area contributed by atoms with Gasteiger partial charge in [-0.15, -0.1) is 0 Å². The van der Waals surface area contributed by atoms with Crippen molar-refractivity contribution in [2.75, 3.05) is 26.2 Å². The van der Waals surface area contributed by atoms with Crippen LogP contribution in [0.15, 0.2) is 0 Å². The summed E-state index contributed by atoms with van der Waals surface area (Å²) in [7, 11) is 0. The molecule has 0 aliphatic carbocycles. The lowest BCUT2D eigenvalue weighted by Crippen LogP contribution is -2.43. The first-order valence-corrected chi connectivity index (χ1v) is 5.01. The van der Waals surface area contributed by atoms with Crippen LogP contribution in [0.3, 0.4) is 0 Å². The SMILES string of the molecule is O=C(NCC(O)CO)[C@@H]1CCCNC1. The monoisotopic (exact) mass is 202 g/mol. The van der Waals surface area contributed by atoms with E-state index in [1.807, 2.05) is 0 Å². The van der Waals surface area contributed by atoms with Crippen molar-refractivity contribution in [3.63, 3.8) is 0 Å².